The van der Waals surface area contributed by atoms with Crippen molar-refractivity contribution >= 4 is 21.6 Å². The van der Waals surface area contributed by atoms with Crippen molar-refractivity contribution in [3.8, 4) is 0 Å². The molecule has 0 saturated heterocycles. The molecule has 5 nitrogen and oxygen atoms in total. The molecule has 1 amide bonds. The molecule has 2 N–H and O–H groups in total. The zero-order valence-corrected chi connectivity index (χ0v) is 14.2. The normalized spacial score (nSPS) is 11.5. The van der Waals surface area contributed by atoms with Crippen LogP contribution in [0.4, 0.5) is 10.1 Å². The Hall–Kier alpha value is -2.25. The number of carbonyl (C=O) groups excluding carboxylic acids is 1. The zero-order valence-electron chi connectivity index (χ0n) is 13.4. The lowest BCUT2D eigenvalue weighted by molar-refractivity contribution is 0.102. The number of rotatable bonds is 6. The van der Waals surface area contributed by atoms with Gasteiger partial charge < -0.3 is 5.32 Å². The topological polar surface area (TPSA) is 75.3 Å². The Bertz CT molecular complexity index is 835. The standard InChI is InChI=1S/C17H19FN2O3S/c1-12(2)11-19-24(22,23)16-8-3-5-13(9-16)17(21)20-15-7-4-6-14(18)10-15/h3-10,12,19H,11H2,1-2H3,(H,20,21). The fourth-order valence-electron chi connectivity index (χ4n) is 1.93. The van der Waals surface area contributed by atoms with Crippen LogP contribution in [0, 0.1) is 11.7 Å². The maximum Gasteiger partial charge on any atom is 0.255 e. The van der Waals surface area contributed by atoms with Gasteiger partial charge in [0.15, 0.2) is 0 Å². The Balaban J connectivity index is 2.19. The number of halogens is 1. The van der Waals surface area contributed by atoms with Crippen LogP contribution in [0.2, 0.25) is 0 Å². The fraction of sp³-hybridized carbons (Fsp3) is 0.235. The Morgan fingerprint density at radius 3 is 2.50 bits per heavy atom. The lowest BCUT2D eigenvalue weighted by atomic mass is 10.2. The Morgan fingerprint density at radius 1 is 1.12 bits per heavy atom. The van der Waals surface area contributed by atoms with Crippen molar-refractivity contribution in [3.63, 3.8) is 0 Å². The maximum atomic E-state index is 13.2. The number of sulfonamides is 1. The molecular weight excluding hydrogens is 331 g/mol. The second kappa shape index (κ2) is 7.55. The number of benzene rings is 2. The minimum atomic E-state index is -3.68. The van der Waals surface area contributed by atoms with E-state index in [0.717, 1.165) is 0 Å². The summed E-state index contributed by atoms with van der Waals surface area (Å²) in [6, 6.07) is 11.2. The average Bonchev–Trinajstić information content (AvgIpc) is 2.53. The van der Waals surface area contributed by atoms with E-state index in [9.17, 15) is 17.6 Å². The second-order valence-electron chi connectivity index (χ2n) is 5.74. The molecular formula is C17H19FN2O3S. The van der Waals surface area contributed by atoms with Crippen molar-refractivity contribution in [3.05, 3.63) is 59.9 Å². The van der Waals surface area contributed by atoms with E-state index >= 15 is 0 Å². The molecule has 0 fully saturated rings. The van der Waals surface area contributed by atoms with Crippen LogP contribution in [0.25, 0.3) is 0 Å². The molecule has 7 heteroatoms. The van der Waals surface area contributed by atoms with Crippen LogP contribution < -0.4 is 10.0 Å². The number of nitrogens with one attached hydrogen (secondary N) is 2. The van der Waals surface area contributed by atoms with Gasteiger partial charge in [-0.05, 0) is 42.3 Å². The lowest BCUT2D eigenvalue weighted by Gasteiger charge is -2.10. The third-order valence-electron chi connectivity index (χ3n) is 3.17. The number of carbonyl (C=O) groups is 1. The van der Waals surface area contributed by atoms with Gasteiger partial charge in [0, 0.05) is 17.8 Å². The van der Waals surface area contributed by atoms with Crippen LogP contribution in [0.5, 0.6) is 0 Å². The quantitative estimate of drug-likeness (QED) is 0.841. The second-order valence-corrected chi connectivity index (χ2v) is 7.51. The molecule has 128 valence electrons. The van der Waals surface area contributed by atoms with Crippen molar-refractivity contribution in [2.24, 2.45) is 5.92 Å². The molecule has 0 aromatic heterocycles. The molecule has 2 aromatic carbocycles. The highest BCUT2D eigenvalue weighted by Gasteiger charge is 2.16. The summed E-state index contributed by atoms with van der Waals surface area (Å²) in [5.41, 5.74) is 0.470. The number of anilines is 1. The summed E-state index contributed by atoms with van der Waals surface area (Å²) in [6.45, 7) is 4.10. The van der Waals surface area contributed by atoms with Gasteiger partial charge in [-0.1, -0.05) is 26.0 Å². The van der Waals surface area contributed by atoms with Crippen molar-refractivity contribution in [2.45, 2.75) is 18.7 Å². The van der Waals surface area contributed by atoms with E-state index in [4.69, 9.17) is 0 Å². The highest BCUT2D eigenvalue weighted by atomic mass is 32.2. The highest BCUT2D eigenvalue weighted by Crippen LogP contribution is 2.15. The van der Waals surface area contributed by atoms with Gasteiger partial charge in [-0.15, -0.1) is 0 Å². The van der Waals surface area contributed by atoms with Crippen LogP contribution in [-0.4, -0.2) is 20.9 Å². The first-order valence-corrected chi connectivity index (χ1v) is 8.93. The van der Waals surface area contributed by atoms with Gasteiger partial charge in [0.05, 0.1) is 4.90 Å². The summed E-state index contributed by atoms with van der Waals surface area (Å²) in [6.07, 6.45) is 0. The first-order chi connectivity index (χ1) is 11.3. The van der Waals surface area contributed by atoms with E-state index in [-0.39, 0.29) is 16.4 Å². The van der Waals surface area contributed by atoms with Crippen molar-refractivity contribution < 1.29 is 17.6 Å². The van der Waals surface area contributed by atoms with Gasteiger partial charge >= 0.3 is 0 Å². The van der Waals surface area contributed by atoms with E-state index in [0.29, 0.717) is 12.2 Å². The van der Waals surface area contributed by atoms with Crippen LogP contribution in [0.1, 0.15) is 24.2 Å². The molecule has 0 heterocycles. The number of hydrogen-bond donors (Lipinski definition) is 2. The predicted molar refractivity (Wildman–Crippen MR) is 90.8 cm³/mol. The maximum absolute atomic E-state index is 13.2. The SMILES string of the molecule is CC(C)CNS(=O)(=O)c1cccc(C(=O)Nc2cccc(F)c2)c1. The van der Waals surface area contributed by atoms with E-state index in [1.54, 1.807) is 6.07 Å². The Morgan fingerprint density at radius 2 is 1.83 bits per heavy atom. The molecule has 0 spiro atoms. The van der Waals surface area contributed by atoms with Crippen LogP contribution in [0.15, 0.2) is 53.4 Å². The van der Waals surface area contributed by atoms with Crippen LogP contribution >= 0.6 is 0 Å². The van der Waals surface area contributed by atoms with E-state index in [1.165, 1.54) is 42.5 Å². The molecule has 2 rings (SSSR count). The van der Waals surface area contributed by atoms with Crippen molar-refractivity contribution in [2.75, 3.05) is 11.9 Å². The molecule has 0 unspecified atom stereocenters. The molecule has 0 aliphatic carbocycles. The summed E-state index contributed by atoms with van der Waals surface area (Å²) in [7, 11) is -3.68. The molecule has 2 aromatic rings. The minimum absolute atomic E-state index is 0.00930. The van der Waals surface area contributed by atoms with Gasteiger partial charge in [-0.3, -0.25) is 4.79 Å². The summed E-state index contributed by atoms with van der Waals surface area (Å²) in [5.74, 6) is -0.817. The monoisotopic (exact) mass is 350 g/mol. The Kier molecular flexibility index (Phi) is 5.69. The van der Waals surface area contributed by atoms with E-state index < -0.39 is 21.7 Å². The Labute approximate surface area is 141 Å². The van der Waals surface area contributed by atoms with E-state index in [2.05, 4.69) is 10.0 Å². The third kappa shape index (κ3) is 4.87. The first-order valence-electron chi connectivity index (χ1n) is 7.44. The van der Waals surface area contributed by atoms with Gasteiger partial charge in [0.2, 0.25) is 10.0 Å². The van der Waals surface area contributed by atoms with Crippen LogP contribution in [-0.2, 0) is 10.0 Å². The van der Waals surface area contributed by atoms with Gasteiger partial charge in [0.1, 0.15) is 5.82 Å². The lowest BCUT2D eigenvalue weighted by Crippen LogP contribution is -2.27. The average molecular weight is 350 g/mol. The van der Waals surface area contributed by atoms with Gasteiger partial charge in [-0.25, -0.2) is 17.5 Å². The molecule has 0 aliphatic rings. The third-order valence-corrected chi connectivity index (χ3v) is 4.59. The summed E-state index contributed by atoms with van der Waals surface area (Å²) in [4.78, 5) is 12.2. The molecule has 24 heavy (non-hydrogen) atoms. The van der Waals surface area contributed by atoms with Crippen molar-refractivity contribution in [1.82, 2.24) is 4.72 Å². The fourth-order valence-corrected chi connectivity index (χ4v) is 3.19. The van der Waals surface area contributed by atoms with Gasteiger partial charge in [-0.2, -0.15) is 0 Å². The molecule has 0 bridgehead atoms. The smallest absolute Gasteiger partial charge is 0.255 e. The first kappa shape index (κ1) is 18.1. The zero-order chi connectivity index (χ0) is 17.7. The molecule has 0 saturated carbocycles. The summed E-state index contributed by atoms with van der Waals surface area (Å²) >= 11 is 0. The predicted octanol–water partition coefficient (Wildman–Crippen LogP) is 3.01. The largest absolute Gasteiger partial charge is 0.322 e. The number of amides is 1. The summed E-state index contributed by atoms with van der Waals surface area (Å²) < 4.78 is 40.1. The molecule has 0 radical (unpaired) electrons. The number of hydrogen-bond acceptors (Lipinski definition) is 3. The van der Waals surface area contributed by atoms with Crippen LogP contribution in [0.3, 0.4) is 0 Å². The molecule has 0 aliphatic heterocycles. The molecule has 0 atom stereocenters. The minimum Gasteiger partial charge on any atom is -0.322 e. The van der Waals surface area contributed by atoms with Gasteiger partial charge in [0.25, 0.3) is 5.91 Å². The van der Waals surface area contributed by atoms with Crippen molar-refractivity contribution in [1.29, 1.82) is 0 Å². The summed E-state index contributed by atoms with van der Waals surface area (Å²) in [5, 5.41) is 2.53. The highest BCUT2D eigenvalue weighted by molar-refractivity contribution is 7.89. The van der Waals surface area contributed by atoms with E-state index in [1.807, 2.05) is 13.8 Å².